The summed E-state index contributed by atoms with van der Waals surface area (Å²) in [7, 11) is 1.92. The maximum absolute atomic E-state index is 12.1. The van der Waals surface area contributed by atoms with Crippen LogP contribution in [0.5, 0.6) is 5.75 Å². The number of carbonyl (C=O) groups excluding carboxylic acids is 1. The highest BCUT2D eigenvalue weighted by Gasteiger charge is 2.20. The number of nitrogens with one attached hydrogen (secondary N) is 1. The minimum absolute atomic E-state index is 0.0345. The van der Waals surface area contributed by atoms with E-state index >= 15 is 0 Å². The summed E-state index contributed by atoms with van der Waals surface area (Å²) in [6.45, 7) is 2.32. The number of amides is 1. The third-order valence-corrected chi connectivity index (χ3v) is 4.12. The van der Waals surface area contributed by atoms with Crippen molar-refractivity contribution in [1.29, 1.82) is 0 Å². The van der Waals surface area contributed by atoms with Gasteiger partial charge in [-0.15, -0.1) is 0 Å². The summed E-state index contributed by atoms with van der Waals surface area (Å²) in [4.78, 5) is 18.4. The first kappa shape index (κ1) is 16.5. The molecule has 0 aliphatic carbocycles. The van der Waals surface area contributed by atoms with Gasteiger partial charge >= 0.3 is 0 Å². The molecule has 0 bridgehead atoms. The Bertz CT molecular complexity index is 675. The van der Waals surface area contributed by atoms with Crippen LogP contribution in [-0.4, -0.2) is 42.5 Å². The van der Waals surface area contributed by atoms with Crippen LogP contribution in [0.4, 0.5) is 0 Å². The fourth-order valence-electron chi connectivity index (χ4n) is 2.91. The van der Waals surface area contributed by atoms with Gasteiger partial charge in [0.1, 0.15) is 5.75 Å². The van der Waals surface area contributed by atoms with Crippen LogP contribution >= 0.6 is 0 Å². The summed E-state index contributed by atoms with van der Waals surface area (Å²) in [6, 6.07) is 13.9. The molecule has 24 heavy (non-hydrogen) atoms. The molecule has 0 radical (unpaired) electrons. The number of aromatic nitrogens is 1. The first-order valence-electron chi connectivity index (χ1n) is 8.26. The average Bonchev–Trinajstić information content (AvgIpc) is 2.60. The van der Waals surface area contributed by atoms with E-state index in [9.17, 15) is 4.79 Å². The molecule has 0 saturated heterocycles. The fourth-order valence-corrected chi connectivity index (χ4v) is 2.91. The molecule has 0 unspecified atom stereocenters. The van der Waals surface area contributed by atoms with Crippen molar-refractivity contribution in [1.82, 2.24) is 15.2 Å². The number of benzene rings is 1. The highest BCUT2D eigenvalue weighted by Crippen LogP contribution is 2.26. The molecule has 2 aromatic rings. The van der Waals surface area contributed by atoms with E-state index < -0.39 is 0 Å². The van der Waals surface area contributed by atoms with Gasteiger partial charge in [0, 0.05) is 25.2 Å². The molecule has 5 heteroatoms. The van der Waals surface area contributed by atoms with Crippen LogP contribution in [-0.2, 0) is 17.8 Å². The summed E-state index contributed by atoms with van der Waals surface area (Å²) >= 11 is 0. The normalized spacial score (nSPS) is 16.3. The van der Waals surface area contributed by atoms with Crippen molar-refractivity contribution in [2.75, 3.05) is 26.7 Å². The van der Waals surface area contributed by atoms with E-state index in [0.29, 0.717) is 32.2 Å². The van der Waals surface area contributed by atoms with Crippen molar-refractivity contribution < 1.29 is 9.53 Å². The molecule has 3 rings (SSSR count). The molecule has 1 atom stereocenters. The van der Waals surface area contributed by atoms with Crippen molar-refractivity contribution >= 4 is 5.91 Å². The third kappa shape index (κ3) is 4.55. The van der Waals surface area contributed by atoms with Gasteiger partial charge in [-0.25, -0.2) is 0 Å². The summed E-state index contributed by atoms with van der Waals surface area (Å²) < 4.78 is 5.76. The van der Waals surface area contributed by atoms with Crippen LogP contribution in [0.25, 0.3) is 0 Å². The van der Waals surface area contributed by atoms with Crippen LogP contribution in [0, 0.1) is 5.92 Å². The monoisotopic (exact) mass is 325 g/mol. The Labute approximate surface area is 142 Å². The Balaban J connectivity index is 1.41. The molecule has 0 fully saturated rings. The summed E-state index contributed by atoms with van der Waals surface area (Å²) in [5.74, 6) is 1.33. The standard InChI is InChI=1S/C19H23N3O2/c1-22(12-17-7-4-5-9-20-17)13-19(23)21-11-15-10-16-6-2-3-8-18(16)24-14-15/h2-9,15H,10-14H2,1H3,(H,21,23)/t15-/m1/s1. The smallest absolute Gasteiger partial charge is 0.234 e. The lowest BCUT2D eigenvalue weighted by molar-refractivity contribution is -0.122. The van der Waals surface area contributed by atoms with Gasteiger partial charge in [-0.1, -0.05) is 24.3 Å². The molecule has 1 aromatic carbocycles. The maximum atomic E-state index is 12.1. The Morgan fingerprint density at radius 2 is 2.12 bits per heavy atom. The van der Waals surface area contributed by atoms with Gasteiger partial charge in [0.2, 0.25) is 5.91 Å². The number of hydrogen-bond donors (Lipinski definition) is 1. The number of nitrogens with zero attached hydrogens (tertiary/aromatic N) is 2. The number of pyridine rings is 1. The van der Waals surface area contributed by atoms with Crippen LogP contribution < -0.4 is 10.1 Å². The van der Waals surface area contributed by atoms with Crippen LogP contribution in [0.3, 0.4) is 0 Å². The Morgan fingerprint density at radius 1 is 1.29 bits per heavy atom. The van der Waals surface area contributed by atoms with E-state index in [0.717, 1.165) is 17.9 Å². The summed E-state index contributed by atoms with van der Waals surface area (Å²) in [5.41, 5.74) is 2.18. The average molecular weight is 325 g/mol. The topological polar surface area (TPSA) is 54.5 Å². The Morgan fingerprint density at radius 3 is 2.96 bits per heavy atom. The number of fused-ring (bicyclic) bond motifs is 1. The highest BCUT2D eigenvalue weighted by atomic mass is 16.5. The predicted molar refractivity (Wildman–Crippen MR) is 92.7 cm³/mol. The number of likely N-dealkylation sites (N-methyl/N-ethyl adjacent to an activating group) is 1. The second-order valence-corrected chi connectivity index (χ2v) is 6.29. The minimum atomic E-state index is 0.0345. The van der Waals surface area contributed by atoms with E-state index in [1.54, 1.807) is 6.20 Å². The Hall–Kier alpha value is -2.40. The second kappa shape index (κ2) is 7.93. The largest absolute Gasteiger partial charge is 0.493 e. The summed E-state index contributed by atoms with van der Waals surface area (Å²) in [5, 5.41) is 3.02. The lowest BCUT2D eigenvalue weighted by Gasteiger charge is -2.25. The van der Waals surface area contributed by atoms with Gasteiger partial charge in [-0.3, -0.25) is 14.7 Å². The number of para-hydroxylation sites is 1. The molecule has 1 amide bonds. The molecule has 2 heterocycles. The van der Waals surface area contributed by atoms with Gasteiger partial charge in [0.15, 0.2) is 0 Å². The van der Waals surface area contributed by atoms with E-state index in [2.05, 4.69) is 16.4 Å². The molecule has 0 spiro atoms. The molecule has 1 N–H and O–H groups in total. The van der Waals surface area contributed by atoms with Crippen molar-refractivity contribution in [2.45, 2.75) is 13.0 Å². The number of ether oxygens (including phenoxy) is 1. The van der Waals surface area contributed by atoms with E-state index in [-0.39, 0.29) is 5.91 Å². The SMILES string of the molecule is CN(CC(=O)NC[C@@H]1COc2ccccc2C1)Cc1ccccn1. The summed E-state index contributed by atoms with van der Waals surface area (Å²) in [6.07, 6.45) is 2.71. The minimum Gasteiger partial charge on any atom is -0.493 e. The molecular weight excluding hydrogens is 302 g/mol. The zero-order valence-electron chi connectivity index (χ0n) is 13.9. The first-order chi connectivity index (χ1) is 11.7. The molecule has 5 nitrogen and oxygen atoms in total. The molecular formula is C19H23N3O2. The van der Waals surface area contributed by atoms with Crippen molar-refractivity contribution in [3.63, 3.8) is 0 Å². The quantitative estimate of drug-likeness (QED) is 0.881. The number of carbonyl (C=O) groups is 1. The lowest BCUT2D eigenvalue weighted by Crippen LogP contribution is -2.39. The van der Waals surface area contributed by atoms with Gasteiger partial charge in [0.05, 0.1) is 18.8 Å². The second-order valence-electron chi connectivity index (χ2n) is 6.29. The maximum Gasteiger partial charge on any atom is 0.234 e. The first-order valence-corrected chi connectivity index (χ1v) is 8.26. The highest BCUT2D eigenvalue weighted by molar-refractivity contribution is 5.77. The number of hydrogen-bond acceptors (Lipinski definition) is 4. The van der Waals surface area contributed by atoms with Gasteiger partial charge in [-0.2, -0.15) is 0 Å². The fraction of sp³-hybridized carbons (Fsp3) is 0.368. The molecule has 1 aliphatic rings. The Kier molecular flexibility index (Phi) is 5.43. The van der Waals surface area contributed by atoms with Crippen LogP contribution in [0.2, 0.25) is 0 Å². The molecule has 0 saturated carbocycles. The van der Waals surface area contributed by atoms with Gasteiger partial charge < -0.3 is 10.1 Å². The molecule has 1 aromatic heterocycles. The van der Waals surface area contributed by atoms with Crippen LogP contribution in [0.15, 0.2) is 48.7 Å². The zero-order chi connectivity index (χ0) is 16.8. The zero-order valence-corrected chi connectivity index (χ0v) is 13.9. The lowest BCUT2D eigenvalue weighted by atomic mass is 9.97. The van der Waals surface area contributed by atoms with Crippen molar-refractivity contribution in [3.05, 3.63) is 59.9 Å². The molecule has 1 aliphatic heterocycles. The molecule has 126 valence electrons. The van der Waals surface area contributed by atoms with E-state index in [1.165, 1.54) is 5.56 Å². The van der Waals surface area contributed by atoms with E-state index in [1.807, 2.05) is 48.3 Å². The van der Waals surface area contributed by atoms with Gasteiger partial charge in [-0.05, 0) is 37.2 Å². The van der Waals surface area contributed by atoms with Crippen molar-refractivity contribution in [3.8, 4) is 5.75 Å². The van der Waals surface area contributed by atoms with Gasteiger partial charge in [0.25, 0.3) is 0 Å². The predicted octanol–water partition coefficient (Wildman–Crippen LogP) is 1.88. The van der Waals surface area contributed by atoms with Crippen LogP contribution in [0.1, 0.15) is 11.3 Å². The number of rotatable bonds is 6. The van der Waals surface area contributed by atoms with E-state index in [4.69, 9.17) is 4.74 Å². The van der Waals surface area contributed by atoms with Crippen molar-refractivity contribution in [2.24, 2.45) is 5.92 Å². The third-order valence-electron chi connectivity index (χ3n) is 4.12.